The van der Waals surface area contributed by atoms with E-state index in [0.717, 1.165) is 11.4 Å². The van der Waals surface area contributed by atoms with Crippen molar-refractivity contribution in [2.24, 2.45) is 0 Å². The molecule has 0 aliphatic carbocycles. The van der Waals surface area contributed by atoms with E-state index in [-0.39, 0.29) is 6.61 Å². The first kappa shape index (κ1) is 11.7. The Bertz CT molecular complexity index is 314. The summed E-state index contributed by atoms with van der Waals surface area (Å²) in [7, 11) is 1.62. The van der Waals surface area contributed by atoms with Gasteiger partial charge in [-0.15, -0.1) is 0 Å². The molecule has 0 heterocycles. The van der Waals surface area contributed by atoms with Crippen LogP contribution in [0.25, 0.3) is 0 Å². The van der Waals surface area contributed by atoms with Gasteiger partial charge < -0.3 is 20.5 Å². The van der Waals surface area contributed by atoms with E-state index in [1.165, 1.54) is 0 Å². The molecule has 3 N–H and O–H groups in total. The molecule has 4 nitrogen and oxygen atoms in total. The van der Waals surface area contributed by atoms with Crippen LogP contribution in [0.2, 0.25) is 0 Å². The summed E-state index contributed by atoms with van der Waals surface area (Å²) in [5, 5.41) is 14.9. The zero-order chi connectivity index (χ0) is 11.1. The van der Waals surface area contributed by atoms with Crippen molar-refractivity contribution in [1.82, 2.24) is 5.32 Å². The summed E-state index contributed by atoms with van der Waals surface area (Å²) >= 11 is 5.00. The van der Waals surface area contributed by atoms with Crippen LogP contribution < -0.4 is 15.4 Å². The van der Waals surface area contributed by atoms with Crippen molar-refractivity contribution in [2.75, 3.05) is 25.6 Å². The van der Waals surface area contributed by atoms with Crippen LogP contribution in [0.5, 0.6) is 5.75 Å². The molecule has 0 bridgehead atoms. The van der Waals surface area contributed by atoms with E-state index >= 15 is 0 Å². The number of benzene rings is 1. The lowest BCUT2D eigenvalue weighted by Gasteiger charge is -2.09. The minimum Gasteiger partial charge on any atom is -0.497 e. The molecule has 0 fully saturated rings. The maximum atomic E-state index is 8.58. The van der Waals surface area contributed by atoms with Crippen molar-refractivity contribution in [3.63, 3.8) is 0 Å². The SMILES string of the molecule is COc1ccc(NC(=S)NCCO)cc1. The van der Waals surface area contributed by atoms with Gasteiger partial charge in [0.15, 0.2) is 5.11 Å². The Balaban J connectivity index is 2.46. The van der Waals surface area contributed by atoms with Crippen molar-refractivity contribution in [2.45, 2.75) is 0 Å². The third-order valence-corrected chi connectivity index (χ3v) is 1.99. The Morgan fingerprint density at radius 3 is 2.60 bits per heavy atom. The van der Waals surface area contributed by atoms with E-state index in [2.05, 4.69) is 10.6 Å². The van der Waals surface area contributed by atoms with Gasteiger partial charge in [-0.1, -0.05) is 0 Å². The highest BCUT2D eigenvalue weighted by molar-refractivity contribution is 7.80. The third kappa shape index (κ3) is 4.14. The van der Waals surface area contributed by atoms with Crippen LogP contribution in [0.4, 0.5) is 5.69 Å². The minimum atomic E-state index is 0.0600. The normalized spacial score (nSPS) is 9.47. The van der Waals surface area contributed by atoms with Gasteiger partial charge in [-0.05, 0) is 36.5 Å². The van der Waals surface area contributed by atoms with Crippen molar-refractivity contribution in [3.8, 4) is 5.75 Å². The Kier molecular flexibility index (Phi) is 4.86. The maximum Gasteiger partial charge on any atom is 0.170 e. The molecular formula is C10H14N2O2S. The monoisotopic (exact) mass is 226 g/mol. The molecule has 5 heteroatoms. The molecule has 0 spiro atoms. The number of hydrogen-bond acceptors (Lipinski definition) is 3. The summed E-state index contributed by atoms with van der Waals surface area (Å²) in [6.45, 7) is 0.506. The Hall–Kier alpha value is -1.33. The number of aliphatic hydroxyl groups excluding tert-OH is 1. The number of nitrogens with one attached hydrogen (secondary N) is 2. The van der Waals surface area contributed by atoms with Gasteiger partial charge in [-0.25, -0.2) is 0 Å². The highest BCUT2D eigenvalue weighted by Gasteiger charge is 1.96. The zero-order valence-electron chi connectivity index (χ0n) is 8.49. The number of thiocarbonyl (C=S) groups is 1. The van der Waals surface area contributed by atoms with E-state index in [0.29, 0.717) is 11.7 Å². The lowest BCUT2D eigenvalue weighted by atomic mass is 10.3. The van der Waals surface area contributed by atoms with Crippen molar-refractivity contribution in [1.29, 1.82) is 0 Å². The van der Waals surface area contributed by atoms with E-state index < -0.39 is 0 Å². The second kappa shape index (κ2) is 6.21. The average Bonchev–Trinajstić information content (AvgIpc) is 2.27. The molecule has 0 saturated heterocycles. The predicted molar refractivity (Wildman–Crippen MR) is 64.3 cm³/mol. The summed E-state index contributed by atoms with van der Waals surface area (Å²) in [4.78, 5) is 0. The topological polar surface area (TPSA) is 53.5 Å². The van der Waals surface area contributed by atoms with E-state index in [9.17, 15) is 0 Å². The molecule has 15 heavy (non-hydrogen) atoms. The van der Waals surface area contributed by atoms with Crippen LogP contribution >= 0.6 is 12.2 Å². The first-order valence-electron chi connectivity index (χ1n) is 4.56. The van der Waals surface area contributed by atoms with Crippen LogP contribution in [-0.4, -0.2) is 30.5 Å². The van der Waals surface area contributed by atoms with Gasteiger partial charge in [0, 0.05) is 12.2 Å². The number of rotatable bonds is 4. The van der Waals surface area contributed by atoms with Gasteiger partial charge in [0.05, 0.1) is 13.7 Å². The summed E-state index contributed by atoms with van der Waals surface area (Å²) in [6.07, 6.45) is 0. The fraction of sp³-hybridized carbons (Fsp3) is 0.300. The summed E-state index contributed by atoms with van der Waals surface area (Å²) in [5.41, 5.74) is 0.881. The quantitative estimate of drug-likeness (QED) is 0.668. The Morgan fingerprint density at radius 1 is 1.40 bits per heavy atom. The standard InChI is InChI=1S/C10H14N2O2S/c1-14-9-4-2-8(3-5-9)12-10(15)11-6-7-13/h2-5,13H,6-7H2,1H3,(H2,11,12,15). The van der Waals surface area contributed by atoms with E-state index in [1.807, 2.05) is 24.3 Å². The van der Waals surface area contributed by atoms with E-state index in [4.69, 9.17) is 22.1 Å². The highest BCUT2D eigenvalue weighted by atomic mass is 32.1. The highest BCUT2D eigenvalue weighted by Crippen LogP contribution is 2.14. The first-order valence-corrected chi connectivity index (χ1v) is 4.97. The second-order valence-corrected chi connectivity index (χ2v) is 3.24. The van der Waals surface area contributed by atoms with E-state index in [1.54, 1.807) is 7.11 Å². The molecule has 1 aromatic carbocycles. The van der Waals surface area contributed by atoms with Gasteiger partial charge >= 0.3 is 0 Å². The molecule has 0 saturated carbocycles. The predicted octanol–water partition coefficient (Wildman–Crippen LogP) is 0.974. The molecule has 0 aromatic heterocycles. The summed E-state index contributed by atoms with van der Waals surface area (Å²) in [5.74, 6) is 0.801. The first-order chi connectivity index (χ1) is 7.26. The molecule has 0 aliphatic rings. The van der Waals surface area contributed by atoms with Crippen LogP contribution in [-0.2, 0) is 0 Å². The van der Waals surface area contributed by atoms with Crippen LogP contribution in [0.1, 0.15) is 0 Å². The average molecular weight is 226 g/mol. The van der Waals surface area contributed by atoms with Crippen LogP contribution in [0, 0.1) is 0 Å². The van der Waals surface area contributed by atoms with Crippen LogP contribution in [0.3, 0.4) is 0 Å². The smallest absolute Gasteiger partial charge is 0.170 e. The molecule has 1 aromatic rings. The zero-order valence-corrected chi connectivity index (χ0v) is 9.30. The summed E-state index contributed by atoms with van der Waals surface area (Å²) in [6, 6.07) is 7.42. The maximum absolute atomic E-state index is 8.58. The van der Waals surface area contributed by atoms with Gasteiger partial charge in [0.2, 0.25) is 0 Å². The number of ether oxygens (including phenoxy) is 1. The van der Waals surface area contributed by atoms with Gasteiger partial charge in [-0.2, -0.15) is 0 Å². The fourth-order valence-electron chi connectivity index (χ4n) is 1.02. The Labute approximate surface area is 94.3 Å². The number of aliphatic hydroxyl groups is 1. The van der Waals surface area contributed by atoms with Crippen molar-refractivity contribution >= 4 is 23.0 Å². The Morgan fingerprint density at radius 2 is 2.07 bits per heavy atom. The van der Waals surface area contributed by atoms with Gasteiger partial charge in [0.25, 0.3) is 0 Å². The summed E-state index contributed by atoms with van der Waals surface area (Å²) < 4.78 is 5.03. The molecule has 0 amide bonds. The van der Waals surface area contributed by atoms with Crippen molar-refractivity contribution < 1.29 is 9.84 Å². The second-order valence-electron chi connectivity index (χ2n) is 2.83. The largest absolute Gasteiger partial charge is 0.497 e. The molecule has 0 radical (unpaired) electrons. The molecule has 0 aliphatic heterocycles. The fourth-order valence-corrected chi connectivity index (χ4v) is 1.24. The molecule has 0 atom stereocenters. The number of methoxy groups -OCH3 is 1. The van der Waals surface area contributed by atoms with Crippen molar-refractivity contribution in [3.05, 3.63) is 24.3 Å². The molecule has 82 valence electrons. The van der Waals surface area contributed by atoms with Crippen LogP contribution in [0.15, 0.2) is 24.3 Å². The number of anilines is 1. The van der Waals surface area contributed by atoms with Gasteiger partial charge in [0.1, 0.15) is 5.75 Å². The molecular weight excluding hydrogens is 212 g/mol. The molecule has 0 unspecified atom stereocenters. The lowest BCUT2D eigenvalue weighted by Crippen LogP contribution is -2.30. The van der Waals surface area contributed by atoms with Gasteiger partial charge in [-0.3, -0.25) is 0 Å². The third-order valence-electron chi connectivity index (χ3n) is 1.75. The number of hydrogen-bond donors (Lipinski definition) is 3. The molecule has 1 rings (SSSR count). The lowest BCUT2D eigenvalue weighted by molar-refractivity contribution is 0.301. The minimum absolute atomic E-state index is 0.0600.